The summed E-state index contributed by atoms with van der Waals surface area (Å²) in [5, 5.41) is 14.1. The van der Waals surface area contributed by atoms with Gasteiger partial charge in [0.2, 0.25) is 0 Å². The average molecular weight is 102 g/mol. The molecule has 0 aromatic rings. The first-order valence-electron chi connectivity index (χ1n) is 1.45. The predicted molar refractivity (Wildman–Crippen MR) is 23.4 cm³/mol. The van der Waals surface area contributed by atoms with Crippen molar-refractivity contribution in [3.63, 3.8) is 0 Å². The molecule has 0 atom stereocenters. The third-order valence-electron chi connectivity index (χ3n) is 0.175. The maximum absolute atomic E-state index is 9.24. The normalized spacial score (nSPS) is 5.57. The van der Waals surface area contributed by atoms with Crippen LogP contribution in [0.15, 0.2) is 0 Å². The molecule has 0 aliphatic rings. The summed E-state index contributed by atoms with van der Waals surface area (Å²) in [4.78, 5) is 9.24. The minimum absolute atomic E-state index is 0.278. The van der Waals surface area contributed by atoms with Gasteiger partial charge in [0.15, 0.2) is 0 Å². The molecule has 0 aliphatic carbocycles. The van der Waals surface area contributed by atoms with Crippen molar-refractivity contribution in [2.45, 2.75) is 0 Å². The molecule has 3 N–H and O–H groups in total. The van der Waals surface area contributed by atoms with Gasteiger partial charge in [0.25, 0.3) is 0 Å². The van der Waals surface area contributed by atoms with Crippen LogP contribution in [0.3, 0.4) is 0 Å². The fraction of sp³-hybridized carbons (Fsp3) is 0.333. The van der Waals surface area contributed by atoms with E-state index in [0.717, 1.165) is 0 Å². The van der Waals surface area contributed by atoms with Gasteiger partial charge in [0.1, 0.15) is 0 Å². The Morgan fingerprint density at radius 3 is 2.00 bits per heavy atom. The van der Waals surface area contributed by atoms with E-state index in [1.807, 2.05) is 0 Å². The molecule has 0 amide bonds. The molecule has 0 aromatic heterocycles. The van der Waals surface area contributed by atoms with E-state index in [-0.39, 0.29) is 6.54 Å². The Balaban J connectivity index is 0. The lowest BCUT2D eigenvalue weighted by atomic mass is 10.7. The second-order valence-corrected chi connectivity index (χ2v) is 0.598. The van der Waals surface area contributed by atoms with Crippen molar-refractivity contribution in [1.82, 2.24) is 0 Å². The summed E-state index contributed by atoms with van der Waals surface area (Å²) in [6.07, 6.45) is 0. The Kier molecular flexibility index (Phi) is 11.8. The zero-order valence-corrected chi connectivity index (χ0v) is 3.66. The van der Waals surface area contributed by atoms with Crippen LogP contribution in [0.25, 0.3) is 0 Å². The number of nitrogens with two attached hydrogens (primary N) is 1. The van der Waals surface area contributed by atoms with Gasteiger partial charge in [-0.2, -0.15) is 0 Å². The van der Waals surface area contributed by atoms with E-state index in [9.17, 15) is 4.79 Å². The molecular formula is C3H6N2O2. The molecule has 0 bridgehead atoms. The molecule has 0 unspecified atom stereocenters. The number of nitrogens with zero attached hydrogens (tertiary/aromatic N) is 1. The van der Waals surface area contributed by atoms with Gasteiger partial charge in [-0.3, -0.25) is 4.79 Å². The Morgan fingerprint density at radius 2 is 2.00 bits per heavy atom. The van der Waals surface area contributed by atoms with E-state index in [1.165, 1.54) is 0 Å². The number of hydrogen-bond acceptors (Lipinski definition) is 3. The molecule has 0 radical (unpaired) electrons. The summed E-state index contributed by atoms with van der Waals surface area (Å²) in [6, 6.07) is 0. The Labute approximate surface area is 41.2 Å². The average Bonchev–Trinajstić information content (AvgIpc) is 1.73. The topological polar surface area (TPSA) is 87.1 Å². The first-order valence-corrected chi connectivity index (χ1v) is 1.45. The monoisotopic (exact) mass is 102 g/mol. The summed E-state index contributed by atoms with van der Waals surface area (Å²) in [6.45, 7) is 3.22. The molecule has 0 heterocycles. The zero-order chi connectivity index (χ0) is 6.28. The number of carbonyl (C=O) groups is 1. The van der Waals surface area contributed by atoms with Crippen LogP contribution in [-0.2, 0) is 4.79 Å². The number of rotatable bonds is 1. The van der Waals surface area contributed by atoms with E-state index in [1.54, 1.807) is 0 Å². The largest absolute Gasteiger partial charge is 0.480 e. The lowest BCUT2D eigenvalue weighted by molar-refractivity contribution is -0.135. The van der Waals surface area contributed by atoms with E-state index < -0.39 is 5.97 Å². The molecule has 4 nitrogen and oxygen atoms in total. The molecule has 0 rings (SSSR count). The summed E-state index contributed by atoms with van der Waals surface area (Å²) in [5.41, 5.74) is 4.57. The molecule has 0 aromatic carbocycles. The van der Waals surface area contributed by atoms with E-state index in [2.05, 4.69) is 12.3 Å². The molecule has 4 heteroatoms. The molecule has 0 aliphatic heterocycles. The van der Waals surface area contributed by atoms with Crippen molar-refractivity contribution in [2.24, 2.45) is 5.73 Å². The van der Waals surface area contributed by atoms with Gasteiger partial charge in [-0.05, 0) is 0 Å². The van der Waals surface area contributed by atoms with Crippen LogP contribution in [0.1, 0.15) is 0 Å². The predicted octanol–water partition coefficient (Wildman–Crippen LogP) is -0.831. The highest BCUT2D eigenvalue weighted by atomic mass is 16.4. The standard InChI is InChI=1S/C2H5NO2.CHN/c3-1-2(4)5;1-2/h1,3H2,(H,4,5);1H. The van der Waals surface area contributed by atoms with E-state index in [0.29, 0.717) is 0 Å². The highest BCUT2D eigenvalue weighted by molar-refractivity contribution is 5.68. The molecule has 0 saturated heterocycles. The van der Waals surface area contributed by atoms with Crippen LogP contribution in [0.2, 0.25) is 0 Å². The second-order valence-electron chi connectivity index (χ2n) is 0.598. The van der Waals surface area contributed by atoms with Crippen molar-refractivity contribution in [3.8, 4) is 6.57 Å². The van der Waals surface area contributed by atoms with Crippen LogP contribution in [-0.4, -0.2) is 17.6 Å². The summed E-state index contributed by atoms with van der Waals surface area (Å²) in [7, 11) is 0. The molecule has 0 fully saturated rings. The Hall–Kier alpha value is -1.08. The quantitative estimate of drug-likeness (QED) is 0.452. The fourth-order valence-corrected chi connectivity index (χ4v) is 0. The first-order chi connectivity index (χ1) is 3.27. The number of carboxylic acids is 1. The molecule has 7 heavy (non-hydrogen) atoms. The highest BCUT2D eigenvalue weighted by Crippen LogP contribution is 1.43. The lowest BCUT2D eigenvalue weighted by Crippen LogP contribution is -2.10. The zero-order valence-electron chi connectivity index (χ0n) is 3.66. The smallest absolute Gasteiger partial charge is 0.317 e. The first kappa shape index (κ1) is 9.33. The molecule has 40 valence electrons. The Bertz CT molecular complexity index is 68.6. The van der Waals surface area contributed by atoms with Crippen molar-refractivity contribution >= 4 is 5.97 Å². The lowest BCUT2D eigenvalue weighted by Gasteiger charge is -1.73. The number of nitriles is 1. The minimum Gasteiger partial charge on any atom is -0.480 e. The highest BCUT2D eigenvalue weighted by Gasteiger charge is 1.81. The van der Waals surface area contributed by atoms with Gasteiger partial charge in [0.05, 0.1) is 6.54 Å². The molecule has 0 saturated carbocycles. The number of hydrogen-bond donors (Lipinski definition) is 2. The summed E-state index contributed by atoms with van der Waals surface area (Å²) in [5.74, 6) is -0.968. The van der Waals surface area contributed by atoms with Gasteiger partial charge < -0.3 is 10.8 Å². The van der Waals surface area contributed by atoms with Crippen molar-refractivity contribution in [2.75, 3.05) is 6.54 Å². The SMILES string of the molecule is C#N.NCC(=O)O. The molecular weight excluding hydrogens is 96.0 g/mol. The second kappa shape index (κ2) is 8.87. The fourth-order valence-electron chi connectivity index (χ4n) is 0. The minimum atomic E-state index is -0.968. The van der Waals surface area contributed by atoms with Crippen LogP contribution in [0.4, 0.5) is 0 Å². The van der Waals surface area contributed by atoms with Gasteiger partial charge in [-0.15, -0.1) is 0 Å². The summed E-state index contributed by atoms with van der Waals surface area (Å²) < 4.78 is 0. The van der Waals surface area contributed by atoms with Gasteiger partial charge in [-0.1, -0.05) is 0 Å². The van der Waals surface area contributed by atoms with Crippen LogP contribution in [0, 0.1) is 11.8 Å². The van der Waals surface area contributed by atoms with Gasteiger partial charge in [0, 0.05) is 6.57 Å². The van der Waals surface area contributed by atoms with Gasteiger partial charge >= 0.3 is 5.97 Å². The molecule has 0 spiro atoms. The third kappa shape index (κ3) is 49.6. The summed E-state index contributed by atoms with van der Waals surface area (Å²) >= 11 is 0. The van der Waals surface area contributed by atoms with Crippen molar-refractivity contribution < 1.29 is 9.90 Å². The van der Waals surface area contributed by atoms with Crippen LogP contribution < -0.4 is 5.73 Å². The maximum atomic E-state index is 9.24. The van der Waals surface area contributed by atoms with E-state index >= 15 is 0 Å². The maximum Gasteiger partial charge on any atom is 0.317 e. The van der Waals surface area contributed by atoms with Gasteiger partial charge in [-0.25, -0.2) is 5.26 Å². The van der Waals surface area contributed by atoms with Crippen LogP contribution in [0.5, 0.6) is 0 Å². The van der Waals surface area contributed by atoms with Crippen molar-refractivity contribution in [1.29, 1.82) is 5.26 Å². The van der Waals surface area contributed by atoms with Crippen molar-refractivity contribution in [3.05, 3.63) is 0 Å². The van der Waals surface area contributed by atoms with E-state index in [4.69, 9.17) is 10.4 Å². The number of carboxylic acid groups (broad SMARTS) is 1. The third-order valence-corrected chi connectivity index (χ3v) is 0.175. The van der Waals surface area contributed by atoms with Crippen LogP contribution >= 0.6 is 0 Å². The number of aliphatic carboxylic acids is 1. The Morgan fingerprint density at radius 1 is 1.86 bits per heavy atom.